The van der Waals surface area contributed by atoms with Crippen molar-refractivity contribution in [2.75, 3.05) is 18.0 Å². The van der Waals surface area contributed by atoms with Gasteiger partial charge in [0.2, 0.25) is 5.75 Å². The van der Waals surface area contributed by atoms with Crippen molar-refractivity contribution in [2.24, 2.45) is 5.41 Å². The Hall–Kier alpha value is -3.68. The molecule has 2 aromatic carbocycles. The van der Waals surface area contributed by atoms with Gasteiger partial charge in [-0.05, 0) is 68.9 Å². The normalized spacial score (nSPS) is 15.3. The van der Waals surface area contributed by atoms with Crippen LogP contribution in [-0.2, 0) is 17.8 Å². The molecule has 0 spiro atoms. The van der Waals surface area contributed by atoms with Crippen molar-refractivity contribution in [1.82, 2.24) is 9.97 Å². The van der Waals surface area contributed by atoms with Crippen molar-refractivity contribution in [1.29, 1.82) is 0 Å². The SMILES string of the molecule is CC1(Cc2nc(C(=O)OC(C)(C)C)c(OCc3ccccc3)c(=O)[nH]2)CCN(c2ccc(F)cc2)CC1. The van der Waals surface area contributed by atoms with Gasteiger partial charge in [-0.15, -0.1) is 0 Å². The molecule has 0 saturated carbocycles. The molecule has 1 fully saturated rings. The molecule has 1 aromatic heterocycles. The topological polar surface area (TPSA) is 84.5 Å². The van der Waals surface area contributed by atoms with Crippen molar-refractivity contribution in [2.45, 2.75) is 59.2 Å². The summed E-state index contributed by atoms with van der Waals surface area (Å²) in [5.41, 5.74) is 0.344. The maximum atomic E-state index is 13.3. The molecule has 2 heterocycles. The number of benzene rings is 2. The van der Waals surface area contributed by atoms with Crippen molar-refractivity contribution in [3.63, 3.8) is 0 Å². The van der Waals surface area contributed by atoms with E-state index >= 15 is 0 Å². The van der Waals surface area contributed by atoms with Gasteiger partial charge in [0, 0.05) is 25.2 Å². The number of esters is 1. The van der Waals surface area contributed by atoms with Crippen LogP contribution in [0.5, 0.6) is 5.75 Å². The van der Waals surface area contributed by atoms with Crippen LogP contribution in [0.15, 0.2) is 59.4 Å². The first-order valence-corrected chi connectivity index (χ1v) is 12.6. The lowest BCUT2D eigenvalue weighted by atomic mass is 9.77. The number of H-pyrrole nitrogens is 1. The van der Waals surface area contributed by atoms with Crippen LogP contribution in [0.25, 0.3) is 0 Å². The predicted octanol–water partition coefficient (Wildman–Crippen LogP) is 5.29. The third-order valence-electron chi connectivity index (χ3n) is 6.50. The molecular formula is C29H34FN3O4. The molecule has 0 bridgehead atoms. The highest BCUT2D eigenvalue weighted by atomic mass is 19.1. The van der Waals surface area contributed by atoms with Gasteiger partial charge in [0.05, 0.1) is 0 Å². The van der Waals surface area contributed by atoms with Gasteiger partial charge in [-0.2, -0.15) is 0 Å². The van der Waals surface area contributed by atoms with Gasteiger partial charge >= 0.3 is 5.97 Å². The second-order valence-electron chi connectivity index (χ2n) is 10.9. The van der Waals surface area contributed by atoms with Crippen LogP contribution in [0.4, 0.5) is 10.1 Å². The van der Waals surface area contributed by atoms with Crippen LogP contribution >= 0.6 is 0 Å². The number of hydrogen-bond acceptors (Lipinski definition) is 6. The summed E-state index contributed by atoms with van der Waals surface area (Å²) in [6, 6.07) is 15.9. The Morgan fingerprint density at radius 3 is 2.35 bits per heavy atom. The zero-order valence-electron chi connectivity index (χ0n) is 21.8. The van der Waals surface area contributed by atoms with E-state index in [1.807, 2.05) is 30.3 Å². The molecule has 196 valence electrons. The predicted molar refractivity (Wildman–Crippen MR) is 140 cm³/mol. The van der Waals surface area contributed by atoms with Gasteiger partial charge in [-0.1, -0.05) is 37.3 Å². The number of anilines is 1. The number of carbonyl (C=O) groups excluding carboxylic acids is 1. The van der Waals surface area contributed by atoms with E-state index < -0.39 is 17.1 Å². The van der Waals surface area contributed by atoms with Crippen molar-refractivity contribution in [3.8, 4) is 5.75 Å². The number of piperidine rings is 1. The van der Waals surface area contributed by atoms with Gasteiger partial charge < -0.3 is 19.4 Å². The van der Waals surface area contributed by atoms with Crippen LogP contribution in [0.3, 0.4) is 0 Å². The summed E-state index contributed by atoms with van der Waals surface area (Å²) in [5, 5.41) is 0. The molecule has 1 aliphatic heterocycles. The molecule has 4 rings (SSSR count). The number of halogens is 1. The Bertz CT molecular complexity index is 1280. The molecule has 3 aromatic rings. The number of carbonyl (C=O) groups is 1. The van der Waals surface area contributed by atoms with E-state index in [1.54, 1.807) is 32.9 Å². The molecular weight excluding hydrogens is 473 g/mol. The van der Waals surface area contributed by atoms with Crippen LogP contribution in [0, 0.1) is 11.2 Å². The van der Waals surface area contributed by atoms with Gasteiger partial charge in [0.15, 0.2) is 5.69 Å². The van der Waals surface area contributed by atoms with Crippen LogP contribution < -0.4 is 15.2 Å². The fourth-order valence-electron chi connectivity index (χ4n) is 4.46. The number of rotatable bonds is 7. The summed E-state index contributed by atoms with van der Waals surface area (Å²) in [4.78, 5) is 35.7. The summed E-state index contributed by atoms with van der Waals surface area (Å²) in [6.45, 7) is 9.16. The van der Waals surface area contributed by atoms with Gasteiger partial charge in [0.1, 0.15) is 23.8 Å². The Morgan fingerprint density at radius 2 is 1.73 bits per heavy atom. The van der Waals surface area contributed by atoms with E-state index in [1.165, 1.54) is 12.1 Å². The van der Waals surface area contributed by atoms with E-state index in [0.717, 1.165) is 37.2 Å². The maximum Gasteiger partial charge on any atom is 0.361 e. The third kappa shape index (κ3) is 6.96. The minimum absolute atomic E-state index is 0.114. The highest BCUT2D eigenvalue weighted by molar-refractivity contribution is 5.90. The third-order valence-corrected chi connectivity index (χ3v) is 6.50. The van der Waals surface area contributed by atoms with Crippen LogP contribution in [0.2, 0.25) is 0 Å². The molecule has 8 heteroatoms. The minimum Gasteiger partial charge on any atom is -0.481 e. The van der Waals surface area contributed by atoms with Crippen molar-refractivity contribution >= 4 is 11.7 Å². The van der Waals surface area contributed by atoms with E-state index in [-0.39, 0.29) is 29.3 Å². The van der Waals surface area contributed by atoms with Crippen molar-refractivity contribution in [3.05, 3.63) is 87.9 Å². The number of aromatic nitrogens is 2. The maximum absolute atomic E-state index is 13.3. The number of nitrogens with one attached hydrogen (secondary N) is 1. The van der Waals surface area contributed by atoms with Crippen LogP contribution in [0.1, 0.15) is 62.4 Å². The number of aromatic amines is 1. The molecule has 1 aliphatic rings. The Balaban J connectivity index is 1.54. The second-order valence-corrected chi connectivity index (χ2v) is 10.9. The van der Waals surface area contributed by atoms with E-state index in [4.69, 9.17) is 9.47 Å². The summed E-state index contributed by atoms with van der Waals surface area (Å²) in [5.74, 6) is -0.661. The molecule has 0 atom stereocenters. The first-order valence-electron chi connectivity index (χ1n) is 12.6. The van der Waals surface area contributed by atoms with Gasteiger partial charge in [0.25, 0.3) is 5.56 Å². The Morgan fingerprint density at radius 1 is 1.08 bits per heavy atom. The number of ether oxygens (including phenoxy) is 2. The van der Waals surface area contributed by atoms with E-state index in [9.17, 15) is 14.0 Å². The molecule has 1 N–H and O–H groups in total. The molecule has 1 saturated heterocycles. The smallest absolute Gasteiger partial charge is 0.361 e. The molecule has 7 nitrogen and oxygen atoms in total. The quantitative estimate of drug-likeness (QED) is 0.438. The van der Waals surface area contributed by atoms with E-state index in [2.05, 4.69) is 21.8 Å². The first-order chi connectivity index (χ1) is 17.5. The average Bonchev–Trinajstić information content (AvgIpc) is 2.84. The largest absolute Gasteiger partial charge is 0.481 e. The molecule has 0 amide bonds. The lowest BCUT2D eigenvalue weighted by Gasteiger charge is -2.40. The standard InChI is InChI=1S/C29H34FN3O4/c1-28(2,3)37-27(35)24-25(36-19-20-8-6-5-7-9-20)26(34)32-23(31-24)18-29(4)14-16-33(17-15-29)22-12-10-21(30)11-13-22/h5-13H,14-19H2,1-4H3,(H,31,32,34). The lowest BCUT2D eigenvalue weighted by molar-refractivity contribution is 0.00569. The summed E-state index contributed by atoms with van der Waals surface area (Å²) in [7, 11) is 0. The summed E-state index contributed by atoms with van der Waals surface area (Å²) in [6.07, 6.45) is 2.19. The average molecular weight is 508 g/mol. The van der Waals surface area contributed by atoms with Gasteiger partial charge in [-0.25, -0.2) is 14.2 Å². The monoisotopic (exact) mass is 507 g/mol. The van der Waals surface area contributed by atoms with Gasteiger partial charge in [-0.3, -0.25) is 4.79 Å². The Labute approximate surface area is 216 Å². The van der Waals surface area contributed by atoms with Crippen molar-refractivity contribution < 1.29 is 18.7 Å². The summed E-state index contributed by atoms with van der Waals surface area (Å²) < 4.78 is 24.6. The fourth-order valence-corrected chi connectivity index (χ4v) is 4.46. The number of nitrogens with zero attached hydrogens (tertiary/aromatic N) is 2. The molecule has 0 radical (unpaired) electrons. The zero-order chi connectivity index (χ0) is 26.6. The highest BCUT2D eigenvalue weighted by Crippen LogP contribution is 2.35. The molecule has 37 heavy (non-hydrogen) atoms. The minimum atomic E-state index is -0.753. The highest BCUT2D eigenvalue weighted by Gasteiger charge is 2.33. The fraction of sp³-hybridized carbons (Fsp3) is 0.414. The lowest BCUT2D eigenvalue weighted by Crippen LogP contribution is -2.40. The summed E-state index contributed by atoms with van der Waals surface area (Å²) >= 11 is 0. The zero-order valence-corrected chi connectivity index (χ0v) is 21.8. The molecule has 0 unspecified atom stereocenters. The number of hydrogen-bond donors (Lipinski definition) is 1. The Kier molecular flexibility index (Phi) is 7.66. The molecule has 0 aliphatic carbocycles. The second kappa shape index (κ2) is 10.7. The van der Waals surface area contributed by atoms with Crippen LogP contribution in [-0.4, -0.2) is 34.6 Å². The van der Waals surface area contributed by atoms with E-state index in [0.29, 0.717) is 12.2 Å². The first kappa shape index (κ1) is 26.4.